The van der Waals surface area contributed by atoms with Crippen LogP contribution in [0.3, 0.4) is 0 Å². The highest BCUT2D eigenvalue weighted by Crippen LogP contribution is 2.19. The lowest BCUT2D eigenvalue weighted by Gasteiger charge is -2.13. The number of benzene rings is 1. The fourth-order valence-corrected chi connectivity index (χ4v) is 0.928. The third-order valence-corrected chi connectivity index (χ3v) is 1.51. The molecule has 1 rings (SSSR count). The number of ether oxygens (including phenoxy) is 1. The first-order valence-corrected chi connectivity index (χ1v) is 4.06. The lowest BCUT2D eigenvalue weighted by atomic mass is 10.3. The van der Waals surface area contributed by atoms with E-state index >= 15 is 0 Å². The molecule has 76 valence electrons. The molecular formula is C9H13N3O2. The Bertz CT molecular complexity index is 315. The zero-order valence-electron chi connectivity index (χ0n) is 8.18. The second-order valence-electron chi connectivity index (χ2n) is 2.50. The van der Waals surface area contributed by atoms with Crippen molar-refractivity contribution in [2.75, 3.05) is 14.2 Å². The predicted octanol–water partition coefficient (Wildman–Crippen LogP) is 0.823. The van der Waals surface area contributed by atoms with Gasteiger partial charge in [0.25, 0.3) is 0 Å². The number of methoxy groups -OCH3 is 1. The SMILES string of the molecule is COc1cccc(ON(C)/N=C\N)c1. The van der Waals surface area contributed by atoms with Crippen molar-refractivity contribution in [3.8, 4) is 11.5 Å². The third-order valence-electron chi connectivity index (χ3n) is 1.51. The Labute approximate surface area is 82.7 Å². The summed E-state index contributed by atoms with van der Waals surface area (Å²) in [5.74, 6) is 1.37. The molecule has 0 radical (unpaired) electrons. The monoisotopic (exact) mass is 195 g/mol. The van der Waals surface area contributed by atoms with Crippen LogP contribution in [0.25, 0.3) is 0 Å². The molecule has 0 bridgehead atoms. The number of nitrogens with two attached hydrogens (primary N) is 1. The molecular weight excluding hydrogens is 182 g/mol. The summed E-state index contributed by atoms with van der Waals surface area (Å²) in [5, 5.41) is 4.96. The fourth-order valence-electron chi connectivity index (χ4n) is 0.928. The molecule has 0 unspecified atom stereocenters. The van der Waals surface area contributed by atoms with E-state index in [0.717, 1.165) is 12.1 Å². The van der Waals surface area contributed by atoms with Gasteiger partial charge in [0.05, 0.1) is 14.2 Å². The Kier molecular flexibility index (Phi) is 3.60. The van der Waals surface area contributed by atoms with Crippen LogP contribution >= 0.6 is 0 Å². The molecule has 5 nitrogen and oxygen atoms in total. The summed E-state index contributed by atoms with van der Waals surface area (Å²) in [5.41, 5.74) is 5.10. The summed E-state index contributed by atoms with van der Waals surface area (Å²) in [6.07, 6.45) is 1.15. The molecule has 0 spiro atoms. The van der Waals surface area contributed by atoms with Gasteiger partial charge in [0.15, 0.2) is 5.75 Å². The van der Waals surface area contributed by atoms with Gasteiger partial charge in [0, 0.05) is 6.07 Å². The van der Waals surface area contributed by atoms with Crippen LogP contribution in [0.15, 0.2) is 29.4 Å². The van der Waals surface area contributed by atoms with Crippen LogP contribution in [0.5, 0.6) is 11.5 Å². The standard InChI is InChI=1S/C9H13N3O2/c1-12(11-7-10)14-9-5-3-4-8(6-9)13-2/h3-7H,1-2H3,(H2,10,11). The maximum Gasteiger partial charge on any atom is 0.161 e. The quantitative estimate of drug-likeness (QED) is 0.439. The van der Waals surface area contributed by atoms with E-state index in [1.165, 1.54) is 5.17 Å². The molecule has 0 atom stereocenters. The lowest BCUT2D eigenvalue weighted by molar-refractivity contribution is -0.0290. The average Bonchev–Trinajstić information content (AvgIpc) is 2.18. The zero-order chi connectivity index (χ0) is 10.4. The van der Waals surface area contributed by atoms with E-state index in [-0.39, 0.29) is 0 Å². The topological polar surface area (TPSA) is 60.1 Å². The molecule has 2 N–H and O–H groups in total. The van der Waals surface area contributed by atoms with Gasteiger partial charge in [-0.3, -0.25) is 0 Å². The fraction of sp³-hybridized carbons (Fsp3) is 0.222. The van der Waals surface area contributed by atoms with Gasteiger partial charge in [-0.15, -0.1) is 10.3 Å². The highest BCUT2D eigenvalue weighted by atomic mass is 16.7. The normalized spacial score (nSPS) is 10.1. The van der Waals surface area contributed by atoms with Gasteiger partial charge in [-0.25, -0.2) is 0 Å². The molecule has 14 heavy (non-hydrogen) atoms. The minimum Gasteiger partial charge on any atom is -0.497 e. The van der Waals surface area contributed by atoms with E-state index in [0.29, 0.717) is 5.75 Å². The highest BCUT2D eigenvalue weighted by molar-refractivity contribution is 5.50. The molecule has 0 aliphatic heterocycles. The second-order valence-corrected chi connectivity index (χ2v) is 2.50. The van der Waals surface area contributed by atoms with Crippen molar-refractivity contribution in [3.05, 3.63) is 24.3 Å². The molecule has 5 heteroatoms. The van der Waals surface area contributed by atoms with Gasteiger partial charge < -0.3 is 15.3 Å². The number of rotatable bonds is 4. The summed E-state index contributed by atoms with van der Waals surface area (Å²) in [4.78, 5) is 5.27. The van der Waals surface area contributed by atoms with Crippen molar-refractivity contribution in [2.45, 2.75) is 0 Å². The maximum absolute atomic E-state index is 5.27. The van der Waals surface area contributed by atoms with Gasteiger partial charge >= 0.3 is 0 Å². The van der Waals surface area contributed by atoms with Crippen LogP contribution < -0.4 is 15.3 Å². The summed E-state index contributed by atoms with van der Waals surface area (Å²) < 4.78 is 5.03. The van der Waals surface area contributed by atoms with Gasteiger partial charge in [-0.05, 0) is 12.1 Å². The lowest BCUT2D eigenvalue weighted by Crippen LogP contribution is -2.17. The van der Waals surface area contributed by atoms with E-state index in [4.69, 9.17) is 15.3 Å². The number of hydrazone groups is 1. The second kappa shape index (κ2) is 4.96. The van der Waals surface area contributed by atoms with Gasteiger partial charge in [0.2, 0.25) is 0 Å². The first-order valence-electron chi connectivity index (χ1n) is 4.06. The molecule has 1 aromatic rings. The first kappa shape index (κ1) is 10.2. The van der Waals surface area contributed by atoms with Crippen LogP contribution in [0.1, 0.15) is 0 Å². The summed E-state index contributed by atoms with van der Waals surface area (Å²) in [6, 6.07) is 7.21. The van der Waals surface area contributed by atoms with Crippen molar-refractivity contribution in [3.63, 3.8) is 0 Å². The Morgan fingerprint density at radius 3 is 2.79 bits per heavy atom. The summed E-state index contributed by atoms with van der Waals surface area (Å²) >= 11 is 0. The smallest absolute Gasteiger partial charge is 0.161 e. The van der Waals surface area contributed by atoms with Crippen LogP contribution in [-0.4, -0.2) is 25.7 Å². The molecule has 0 amide bonds. The van der Waals surface area contributed by atoms with Crippen LogP contribution in [0.4, 0.5) is 0 Å². The highest BCUT2D eigenvalue weighted by Gasteiger charge is 1.98. The number of nitrogens with zero attached hydrogens (tertiary/aromatic N) is 2. The number of hydrogen-bond acceptors (Lipinski definition) is 4. The Morgan fingerprint density at radius 2 is 2.14 bits per heavy atom. The van der Waals surface area contributed by atoms with Crippen molar-refractivity contribution >= 4 is 6.34 Å². The Balaban J connectivity index is 2.66. The Morgan fingerprint density at radius 1 is 1.43 bits per heavy atom. The van der Waals surface area contributed by atoms with Crippen LogP contribution in [-0.2, 0) is 0 Å². The van der Waals surface area contributed by atoms with Crippen LogP contribution in [0, 0.1) is 0 Å². The maximum atomic E-state index is 5.27. The largest absolute Gasteiger partial charge is 0.497 e. The molecule has 0 aliphatic carbocycles. The van der Waals surface area contributed by atoms with Gasteiger partial charge in [-0.2, -0.15) is 0 Å². The van der Waals surface area contributed by atoms with E-state index < -0.39 is 0 Å². The molecule has 0 saturated heterocycles. The molecule has 1 aromatic carbocycles. The number of hydrogen-bond donors (Lipinski definition) is 1. The third kappa shape index (κ3) is 2.85. The van der Waals surface area contributed by atoms with Crippen molar-refractivity contribution in [1.29, 1.82) is 0 Å². The molecule has 0 aromatic heterocycles. The van der Waals surface area contributed by atoms with E-state index in [2.05, 4.69) is 5.10 Å². The predicted molar refractivity (Wildman–Crippen MR) is 54.1 cm³/mol. The van der Waals surface area contributed by atoms with Crippen molar-refractivity contribution in [1.82, 2.24) is 5.17 Å². The van der Waals surface area contributed by atoms with E-state index in [9.17, 15) is 0 Å². The van der Waals surface area contributed by atoms with Gasteiger partial charge in [0.1, 0.15) is 12.1 Å². The first-order chi connectivity index (χ1) is 6.76. The minimum atomic E-state index is 0.637. The minimum absolute atomic E-state index is 0.637. The van der Waals surface area contributed by atoms with Crippen molar-refractivity contribution < 1.29 is 9.57 Å². The molecule has 0 heterocycles. The zero-order valence-corrected chi connectivity index (χ0v) is 8.18. The van der Waals surface area contributed by atoms with E-state index in [1.54, 1.807) is 26.3 Å². The van der Waals surface area contributed by atoms with Gasteiger partial charge in [-0.1, -0.05) is 6.07 Å². The summed E-state index contributed by atoms with van der Waals surface area (Å²) in [7, 11) is 3.24. The van der Waals surface area contributed by atoms with Crippen LogP contribution in [0.2, 0.25) is 0 Å². The Hall–Kier alpha value is -1.91. The number of hydroxylamine groups is 1. The average molecular weight is 195 g/mol. The molecule has 0 saturated carbocycles. The summed E-state index contributed by atoms with van der Waals surface area (Å²) in [6.45, 7) is 0. The molecule has 0 fully saturated rings. The van der Waals surface area contributed by atoms with Crippen molar-refractivity contribution in [2.24, 2.45) is 10.8 Å². The van der Waals surface area contributed by atoms with E-state index in [1.807, 2.05) is 12.1 Å². The molecule has 0 aliphatic rings.